The van der Waals surface area contributed by atoms with Gasteiger partial charge < -0.3 is 10.1 Å². The van der Waals surface area contributed by atoms with Crippen LogP contribution in [0.3, 0.4) is 0 Å². The smallest absolute Gasteiger partial charge is 0.230 e. The molecule has 1 aliphatic rings. The SMILES string of the molecule is O=C(CSc1nc(-c2cccs2)nc2ccccc12)NC[C@H]1CCCO1. The Morgan fingerprint density at radius 1 is 1.27 bits per heavy atom. The molecule has 3 heterocycles. The minimum atomic E-state index is 0.00543. The first-order chi connectivity index (χ1) is 12.8. The van der Waals surface area contributed by atoms with Crippen LogP contribution in [0.5, 0.6) is 0 Å². The number of nitrogens with zero attached hydrogens (tertiary/aromatic N) is 2. The number of carbonyl (C=O) groups is 1. The lowest BCUT2D eigenvalue weighted by atomic mass is 10.2. The molecule has 1 saturated heterocycles. The van der Waals surface area contributed by atoms with Crippen LogP contribution in [0.2, 0.25) is 0 Å². The third kappa shape index (κ3) is 4.06. The number of hydrogen-bond acceptors (Lipinski definition) is 6. The van der Waals surface area contributed by atoms with E-state index in [9.17, 15) is 4.79 Å². The van der Waals surface area contributed by atoms with E-state index in [0.717, 1.165) is 40.3 Å². The van der Waals surface area contributed by atoms with Crippen molar-refractivity contribution in [2.24, 2.45) is 0 Å². The zero-order chi connectivity index (χ0) is 17.8. The Hall–Kier alpha value is -1.96. The standard InChI is InChI=1S/C19H19N3O2S2/c23-17(20-11-13-5-3-9-24-13)12-26-19-14-6-1-2-7-15(14)21-18(22-19)16-8-4-10-25-16/h1-2,4,6-8,10,13H,3,5,9,11-12H2,(H,20,23)/t13-/m1/s1. The number of nitrogens with one attached hydrogen (secondary N) is 1. The van der Waals surface area contributed by atoms with Gasteiger partial charge in [-0.1, -0.05) is 36.0 Å². The summed E-state index contributed by atoms with van der Waals surface area (Å²) in [6, 6.07) is 11.9. The van der Waals surface area contributed by atoms with Gasteiger partial charge in [0.2, 0.25) is 5.91 Å². The topological polar surface area (TPSA) is 64.1 Å². The summed E-state index contributed by atoms with van der Waals surface area (Å²) in [6.45, 7) is 1.39. The fourth-order valence-corrected chi connectivity index (χ4v) is 4.40. The molecule has 3 aromatic rings. The molecule has 0 aliphatic carbocycles. The highest BCUT2D eigenvalue weighted by atomic mass is 32.2. The van der Waals surface area contributed by atoms with Crippen molar-refractivity contribution in [2.45, 2.75) is 24.0 Å². The lowest BCUT2D eigenvalue weighted by molar-refractivity contribution is -0.119. The number of para-hydroxylation sites is 1. The van der Waals surface area contributed by atoms with E-state index < -0.39 is 0 Å². The lowest BCUT2D eigenvalue weighted by Gasteiger charge is -2.11. The number of carbonyl (C=O) groups excluding carboxylic acids is 1. The van der Waals surface area contributed by atoms with Crippen molar-refractivity contribution < 1.29 is 9.53 Å². The molecule has 1 amide bonds. The van der Waals surface area contributed by atoms with Gasteiger partial charge in [-0.15, -0.1) is 11.3 Å². The van der Waals surface area contributed by atoms with E-state index in [1.165, 1.54) is 11.8 Å². The summed E-state index contributed by atoms with van der Waals surface area (Å²) >= 11 is 3.07. The average molecular weight is 386 g/mol. The van der Waals surface area contributed by atoms with Crippen molar-refractivity contribution in [2.75, 3.05) is 18.9 Å². The Kier molecular flexibility index (Phi) is 5.48. The van der Waals surface area contributed by atoms with Crippen LogP contribution in [0, 0.1) is 0 Å². The van der Waals surface area contributed by atoms with Crippen LogP contribution in [-0.4, -0.2) is 40.9 Å². The molecule has 7 heteroatoms. The van der Waals surface area contributed by atoms with E-state index in [0.29, 0.717) is 18.1 Å². The van der Waals surface area contributed by atoms with Crippen molar-refractivity contribution in [1.29, 1.82) is 0 Å². The molecule has 4 rings (SSSR count). The number of fused-ring (bicyclic) bond motifs is 1. The van der Waals surface area contributed by atoms with Gasteiger partial charge in [0, 0.05) is 18.5 Å². The fourth-order valence-electron chi connectivity index (χ4n) is 2.89. The molecule has 1 fully saturated rings. The van der Waals surface area contributed by atoms with Crippen molar-refractivity contribution in [3.05, 3.63) is 41.8 Å². The highest BCUT2D eigenvalue weighted by Crippen LogP contribution is 2.29. The van der Waals surface area contributed by atoms with Crippen molar-refractivity contribution in [3.8, 4) is 10.7 Å². The normalized spacial score (nSPS) is 16.8. The number of thiophene rings is 1. The molecule has 134 valence electrons. The molecular weight excluding hydrogens is 366 g/mol. The predicted molar refractivity (Wildman–Crippen MR) is 106 cm³/mol. The Labute approximate surface area is 160 Å². The molecule has 0 bridgehead atoms. The number of thioether (sulfide) groups is 1. The summed E-state index contributed by atoms with van der Waals surface area (Å²) in [7, 11) is 0. The Balaban J connectivity index is 1.48. The van der Waals surface area contributed by atoms with Crippen LogP contribution >= 0.6 is 23.1 Å². The summed E-state index contributed by atoms with van der Waals surface area (Å²) in [6.07, 6.45) is 2.26. The highest BCUT2D eigenvalue weighted by Gasteiger charge is 2.17. The third-order valence-electron chi connectivity index (χ3n) is 4.20. The maximum absolute atomic E-state index is 12.2. The van der Waals surface area contributed by atoms with Gasteiger partial charge in [-0.25, -0.2) is 9.97 Å². The molecule has 26 heavy (non-hydrogen) atoms. The summed E-state index contributed by atoms with van der Waals surface area (Å²) < 4.78 is 5.54. The second kappa shape index (κ2) is 8.16. The molecule has 5 nitrogen and oxygen atoms in total. The lowest BCUT2D eigenvalue weighted by Crippen LogP contribution is -2.32. The van der Waals surface area contributed by atoms with Crippen LogP contribution in [0.25, 0.3) is 21.6 Å². The molecule has 0 spiro atoms. The third-order valence-corrected chi connectivity index (χ3v) is 6.06. The summed E-state index contributed by atoms with van der Waals surface area (Å²) in [5.41, 5.74) is 0.896. The molecule has 0 saturated carbocycles. The molecule has 1 atom stereocenters. The second-order valence-electron chi connectivity index (χ2n) is 6.07. The van der Waals surface area contributed by atoms with Crippen LogP contribution < -0.4 is 5.32 Å². The number of benzene rings is 1. The average Bonchev–Trinajstić information content (AvgIpc) is 3.38. The summed E-state index contributed by atoms with van der Waals surface area (Å²) in [5.74, 6) is 1.05. The van der Waals surface area contributed by atoms with E-state index in [-0.39, 0.29) is 12.0 Å². The molecule has 1 aromatic carbocycles. The second-order valence-corrected chi connectivity index (χ2v) is 7.99. The van der Waals surface area contributed by atoms with Gasteiger partial charge in [0.15, 0.2) is 5.82 Å². The van der Waals surface area contributed by atoms with Crippen LogP contribution in [-0.2, 0) is 9.53 Å². The van der Waals surface area contributed by atoms with Gasteiger partial charge in [-0.05, 0) is 30.4 Å². The van der Waals surface area contributed by atoms with Crippen molar-refractivity contribution >= 4 is 39.9 Å². The van der Waals surface area contributed by atoms with E-state index in [4.69, 9.17) is 9.72 Å². The molecule has 1 aliphatic heterocycles. The maximum Gasteiger partial charge on any atom is 0.230 e. The van der Waals surface area contributed by atoms with E-state index >= 15 is 0 Å². The van der Waals surface area contributed by atoms with Crippen LogP contribution in [0.4, 0.5) is 0 Å². The number of aromatic nitrogens is 2. The van der Waals surface area contributed by atoms with Crippen molar-refractivity contribution in [3.63, 3.8) is 0 Å². The van der Waals surface area contributed by atoms with Gasteiger partial charge in [-0.3, -0.25) is 4.79 Å². The minimum absolute atomic E-state index is 0.00543. The first-order valence-electron chi connectivity index (χ1n) is 8.61. The van der Waals surface area contributed by atoms with Crippen molar-refractivity contribution in [1.82, 2.24) is 15.3 Å². The van der Waals surface area contributed by atoms with Gasteiger partial charge in [0.05, 0.1) is 22.3 Å². The monoisotopic (exact) mass is 385 g/mol. The molecule has 1 N–H and O–H groups in total. The molecule has 0 unspecified atom stereocenters. The number of rotatable bonds is 6. The van der Waals surface area contributed by atoms with E-state index in [1.807, 2.05) is 41.8 Å². The Morgan fingerprint density at radius 3 is 3.00 bits per heavy atom. The van der Waals surface area contributed by atoms with E-state index in [2.05, 4.69) is 10.3 Å². The Bertz CT molecular complexity index is 893. The highest BCUT2D eigenvalue weighted by molar-refractivity contribution is 8.00. The van der Waals surface area contributed by atoms with Gasteiger partial charge >= 0.3 is 0 Å². The molecule has 0 radical (unpaired) electrons. The van der Waals surface area contributed by atoms with Crippen LogP contribution in [0.15, 0.2) is 46.8 Å². The zero-order valence-corrected chi connectivity index (χ0v) is 15.8. The minimum Gasteiger partial charge on any atom is -0.376 e. The van der Waals surface area contributed by atoms with Gasteiger partial charge in [0.1, 0.15) is 5.03 Å². The van der Waals surface area contributed by atoms with Gasteiger partial charge in [-0.2, -0.15) is 0 Å². The summed E-state index contributed by atoms with van der Waals surface area (Å²) in [4.78, 5) is 22.6. The maximum atomic E-state index is 12.2. The van der Waals surface area contributed by atoms with Crippen LogP contribution in [0.1, 0.15) is 12.8 Å². The quantitative estimate of drug-likeness (QED) is 0.517. The summed E-state index contributed by atoms with van der Waals surface area (Å²) in [5, 5.41) is 6.79. The Morgan fingerprint density at radius 2 is 2.19 bits per heavy atom. The fraction of sp³-hybridized carbons (Fsp3) is 0.316. The first-order valence-corrected chi connectivity index (χ1v) is 10.5. The number of hydrogen-bond donors (Lipinski definition) is 1. The first kappa shape index (κ1) is 17.5. The predicted octanol–water partition coefficient (Wildman–Crippen LogP) is 3.75. The number of amides is 1. The zero-order valence-electron chi connectivity index (χ0n) is 14.2. The van der Waals surface area contributed by atoms with Gasteiger partial charge in [0.25, 0.3) is 0 Å². The van der Waals surface area contributed by atoms with E-state index in [1.54, 1.807) is 11.3 Å². The molecule has 2 aromatic heterocycles. The molecular formula is C19H19N3O2S2. The largest absolute Gasteiger partial charge is 0.376 e. The number of ether oxygens (including phenoxy) is 1.